The van der Waals surface area contributed by atoms with Crippen molar-refractivity contribution in [2.75, 3.05) is 5.32 Å². The molecule has 34 heavy (non-hydrogen) atoms. The molecule has 1 spiro atoms. The van der Waals surface area contributed by atoms with E-state index in [1.807, 2.05) is 30.3 Å². The predicted octanol–water partition coefficient (Wildman–Crippen LogP) is 6.91. The number of anilines is 1. The van der Waals surface area contributed by atoms with E-state index in [-0.39, 0.29) is 23.3 Å². The summed E-state index contributed by atoms with van der Waals surface area (Å²) in [5, 5.41) is 3.93. The Kier molecular flexibility index (Phi) is 6.50. The first-order chi connectivity index (χ1) is 16.0. The largest absolute Gasteiger partial charge is 0.416 e. The van der Waals surface area contributed by atoms with Gasteiger partial charge in [0, 0.05) is 20.6 Å². The number of alkyl halides is 3. The Balaban J connectivity index is 0.000000336. The van der Waals surface area contributed by atoms with Crippen molar-refractivity contribution in [3.05, 3.63) is 99.5 Å². The van der Waals surface area contributed by atoms with Crippen molar-refractivity contribution in [2.24, 2.45) is 5.73 Å². The standard InChI is InChI=1S/C19H14ClF3N2OS.C6H5Cl/c20-10-5-6-13-14(9-10)25-16(26)17(13)8-7-15(27)18(17,24)11-3-1-2-4-12(11)19(21,22)23;7-6-4-2-1-3-5-6/h1-6,9H,7-8,24H2,(H,25,26);1-5H/t17-,18+;/m0./s1. The van der Waals surface area contributed by atoms with Crippen LogP contribution in [-0.2, 0) is 21.9 Å². The van der Waals surface area contributed by atoms with Gasteiger partial charge in [-0.3, -0.25) is 4.79 Å². The van der Waals surface area contributed by atoms with Gasteiger partial charge in [0.05, 0.1) is 11.1 Å². The summed E-state index contributed by atoms with van der Waals surface area (Å²) in [7, 11) is 0. The summed E-state index contributed by atoms with van der Waals surface area (Å²) in [6.07, 6.45) is -4.12. The van der Waals surface area contributed by atoms with E-state index in [1.54, 1.807) is 18.2 Å². The predicted molar refractivity (Wildman–Crippen MR) is 132 cm³/mol. The maximum atomic E-state index is 13.7. The second-order valence-corrected chi connectivity index (χ2v) is 9.49. The summed E-state index contributed by atoms with van der Waals surface area (Å²) in [4.78, 5) is 13.3. The first-order valence-electron chi connectivity index (χ1n) is 10.3. The Morgan fingerprint density at radius 2 is 1.56 bits per heavy atom. The van der Waals surface area contributed by atoms with Crippen LogP contribution >= 0.6 is 35.4 Å². The van der Waals surface area contributed by atoms with Crippen molar-refractivity contribution < 1.29 is 18.0 Å². The molecule has 9 heteroatoms. The molecule has 0 aromatic heterocycles. The number of rotatable bonds is 1. The zero-order chi connectivity index (χ0) is 24.7. The molecular weight excluding hydrogens is 504 g/mol. The maximum Gasteiger partial charge on any atom is 0.416 e. The normalized spacial score (nSPS) is 23.4. The third-order valence-corrected chi connectivity index (χ3v) is 7.32. The molecule has 176 valence electrons. The molecule has 1 saturated carbocycles. The van der Waals surface area contributed by atoms with E-state index in [4.69, 9.17) is 41.2 Å². The minimum absolute atomic E-state index is 0.182. The van der Waals surface area contributed by atoms with Crippen molar-refractivity contribution in [1.29, 1.82) is 0 Å². The minimum Gasteiger partial charge on any atom is -0.325 e. The van der Waals surface area contributed by atoms with Crippen molar-refractivity contribution in [3.63, 3.8) is 0 Å². The van der Waals surface area contributed by atoms with Gasteiger partial charge in [-0.05, 0) is 54.3 Å². The first-order valence-corrected chi connectivity index (χ1v) is 11.5. The van der Waals surface area contributed by atoms with E-state index in [9.17, 15) is 18.0 Å². The fourth-order valence-electron chi connectivity index (χ4n) is 4.79. The number of nitrogens with two attached hydrogens (primary N) is 1. The second-order valence-electron chi connectivity index (χ2n) is 8.12. The summed E-state index contributed by atoms with van der Waals surface area (Å²) < 4.78 is 41.1. The SMILES string of the molecule is Clc1ccccc1.N[C@]1(c2ccccc2C(F)(F)F)C(=S)CC[C@]12C(=O)Nc1cc(Cl)ccc12. The van der Waals surface area contributed by atoms with Crippen molar-refractivity contribution in [3.8, 4) is 0 Å². The van der Waals surface area contributed by atoms with Gasteiger partial charge in [-0.25, -0.2) is 0 Å². The molecule has 0 bridgehead atoms. The van der Waals surface area contributed by atoms with Crippen LogP contribution in [0.1, 0.15) is 29.5 Å². The third-order valence-electron chi connectivity index (χ3n) is 6.31. The van der Waals surface area contributed by atoms with Crippen LogP contribution < -0.4 is 11.1 Å². The number of hydrogen-bond donors (Lipinski definition) is 2. The fourth-order valence-corrected chi connectivity index (χ4v) is 5.49. The van der Waals surface area contributed by atoms with Crippen LogP contribution in [0.5, 0.6) is 0 Å². The number of fused-ring (bicyclic) bond motifs is 2. The van der Waals surface area contributed by atoms with Crippen molar-refractivity contribution in [1.82, 2.24) is 0 Å². The number of carbonyl (C=O) groups excluding carboxylic acids is 1. The zero-order valence-electron chi connectivity index (χ0n) is 17.6. The average molecular weight is 523 g/mol. The second kappa shape index (κ2) is 8.96. The summed E-state index contributed by atoms with van der Waals surface area (Å²) in [5.74, 6) is -0.459. The lowest BCUT2D eigenvalue weighted by molar-refractivity contribution is -0.139. The summed E-state index contributed by atoms with van der Waals surface area (Å²) in [5.41, 5.74) is 3.41. The molecule has 3 N–H and O–H groups in total. The van der Waals surface area contributed by atoms with Gasteiger partial charge in [0.1, 0.15) is 5.41 Å². The first kappa shape index (κ1) is 24.7. The monoisotopic (exact) mass is 522 g/mol. The van der Waals surface area contributed by atoms with Crippen LogP contribution in [-0.4, -0.2) is 10.8 Å². The van der Waals surface area contributed by atoms with Crippen LogP contribution in [0.3, 0.4) is 0 Å². The van der Waals surface area contributed by atoms with Crippen molar-refractivity contribution in [2.45, 2.75) is 30.0 Å². The number of thiocarbonyl (C=S) groups is 1. The molecule has 1 aliphatic carbocycles. The van der Waals surface area contributed by atoms with Gasteiger partial charge in [-0.15, -0.1) is 0 Å². The van der Waals surface area contributed by atoms with E-state index < -0.39 is 28.6 Å². The molecule has 0 saturated heterocycles. The molecule has 0 unspecified atom stereocenters. The molecule has 3 nitrogen and oxygen atoms in total. The smallest absolute Gasteiger partial charge is 0.325 e. The Hall–Kier alpha value is -2.45. The Bertz CT molecular complexity index is 1270. The fraction of sp³-hybridized carbons (Fsp3) is 0.200. The van der Waals surface area contributed by atoms with Crippen LogP contribution in [0.25, 0.3) is 0 Å². The molecule has 0 radical (unpaired) electrons. The lowest BCUT2D eigenvalue weighted by atomic mass is 9.64. The lowest BCUT2D eigenvalue weighted by Gasteiger charge is -2.40. The molecule has 2 atom stereocenters. The highest BCUT2D eigenvalue weighted by Gasteiger charge is 2.66. The van der Waals surface area contributed by atoms with Crippen LogP contribution in [0, 0.1) is 0 Å². The molecule has 5 rings (SSSR count). The van der Waals surface area contributed by atoms with Gasteiger partial charge in [-0.1, -0.05) is 77.9 Å². The minimum atomic E-state index is -4.62. The quantitative estimate of drug-likeness (QED) is 0.341. The summed E-state index contributed by atoms with van der Waals surface area (Å²) in [6, 6.07) is 19.3. The highest BCUT2D eigenvalue weighted by atomic mass is 35.5. The molecule has 3 aromatic rings. The molecule has 2 aliphatic rings. The van der Waals surface area contributed by atoms with E-state index in [0.29, 0.717) is 16.3 Å². The van der Waals surface area contributed by atoms with Crippen molar-refractivity contribution >= 4 is 51.9 Å². The molecule has 1 aliphatic heterocycles. The van der Waals surface area contributed by atoms with Gasteiger partial charge in [0.2, 0.25) is 5.91 Å². The molecule has 1 fully saturated rings. The summed E-state index contributed by atoms with van der Waals surface area (Å²) >= 11 is 17.0. The molecule has 1 heterocycles. The van der Waals surface area contributed by atoms with E-state index in [1.165, 1.54) is 18.2 Å². The highest BCUT2D eigenvalue weighted by Crippen LogP contribution is 2.58. The van der Waals surface area contributed by atoms with Crippen LogP contribution in [0.4, 0.5) is 18.9 Å². The third kappa shape index (κ3) is 3.90. The van der Waals surface area contributed by atoms with E-state index in [2.05, 4.69) is 5.32 Å². The number of hydrogen-bond acceptors (Lipinski definition) is 3. The van der Waals surface area contributed by atoms with Gasteiger partial charge in [0.25, 0.3) is 0 Å². The van der Waals surface area contributed by atoms with E-state index >= 15 is 0 Å². The number of nitrogens with one attached hydrogen (secondary N) is 1. The number of benzene rings is 3. The number of halogens is 5. The summed E-state index contributed by atoms with van der Waals surface area (Å²) in [6.45, 7) is 0. The molecule has 1 amide bonds. The highest BCUT2D eigenvalue weighted by molar-refractivity contribution is 7.80. The number of amides is 1. The topological polar surface area (TPSA) is 55.1 Å². The van der Waals surface area contributed by atoms with Gasteiger partial charge >= 0.3 is 6.18 Å². The Morgan fingerprint density at radius 3 is 2.18 bits per heavy atom. The van der Waals surface area contributed by atoms with Gasteiger partial charge in [-0.2, -0.15) is 13.2 Å². The van der Waals surface area contributed by atoms with Crippen LogP contribution in [0.2, 0.25) is 10.0 Å². The Morgan fingerprint density at radius 1 is 0.912 bits per heavy atom. The zero-order valence-corrected chi connectivity index (χ0v) is 20.0. The molecule has 3 aromatic carbocycles. The lowest BCUT2D eigenvalue weighted by Crippen LogP contribution is -2.59. The average Bonchev–Trinajstić information content (AvgIpc) is 3.23. The van der Waals surface area contributed by atoms with E-state index in [0.717, 1.165) is 11.1 Å². The Labute approximate surface area is 210 Å². The van der Waals surface area contributed by atoms with Gasteiger partial charge < -0.3 is 11.1 Å². The van der Waals surface area contributed by atoms with Gasteiger partial charge in [0.15, 0.2) is 0 Å². The number of carbonyl (C=O) groups is 1. The molecular formula is C25H19Cl2F3N2OS. The van der Waals surface area contributed by atoms with Crippen LogP contribution in [0.15, 0.2) is 72.8 Å². The maximum absolute atomic E-state index is 13.7.